The largest absolute Gasteiger partial charge is 0.316 e. The summed E-state index contributed by atoms with van der Waals surface area (Å²) in [6.45, 7) is 13.9. The first-order valence-electron chi connectivity index (χ1n) is 6.47. The molecule has 0 fully saturated rings. The molecule has 2 heteroatoms. The lowest BCUT2D eigenvalue weighted by Gasteiger charge is -2.33. The zero-order valence-electron chi connectivity index (χ0n) is 11.4. The van der Waals surface area contributed by atoms with E-state index in [1.165, 1.54) is 32.4 Å². The molecule has 1 N–H and O–H groups in total. The summed E-state index contributed by atoms with van der Waals surface area (Å²) < 4.78 is 0. The molecular weight excluding hydrogens is 184 g/mol. The molecule has 0 saturated carbocycles. The van der Waals surface area contributed by atoms with Crippen LogP contribution >= 0.6 is 0 Å². The van der Waals surface area contributed by atoms with E-state index in [1.54, 1.807) is 0 Å². The van der Waals surface area contributed by atoms with Crippen molar-refractivity contribution >= 4 is 0 Å². The summed E-state index contributed by atoms with van der Waals surface area (Å²) in [4.78, 5) is 2.46. The highest BCUT2D eigenvalue weighted by atomic mass is 15.1. The van der Waals surface area contributed by atoms with E-state index in [1.807, 2.05) is 0 Å². The molecule has 1 atom stereocenters. The van der Waals surface area contributed by atoms with Crippen LogP contribution in [0.25, 0.3) is 0 Å². The minimum absolute atomic E-state index is 0.430. The first-order valence-corrected chi connectivity index (χ1v) is 6.47. The van der Waals surface area contributed by atoms with Crippen molar-refractivity contribution in [3.63, 3.8) is 0 Å². The molecule has 0 heterocycles. The van der Waals surface area contributed by atoms with E-state index in [4.69, 9.17) is 0 Å². The first kappa shape index (κ1) is 14.9. The van der Waals surface area contributed by atoms with Crippen molar-refractivity contribution in [1.82, 2.24) is 10.2 Å². The summed E-state index contributed by atoms with van der Waals surface area (Å²) in [5, 5.41) is 3.55. The molecule has 2 nitrogen and oxygen atoms in total. The van der Waals surface area contributed by atoms with Crippen LogP contribution in [-0.4, -0.2) is 38.1 Å². The van der Waals surface area contributed by atoms with Gasteiger partial charge < -0.3 is 10.2 Å². The van der Waals surface area contributed by atoms with Crippen LogP contribution in [0, 0.1) is 5.41 Å². The zero-order valence-corrected chi connectivity index (χ0v) is 11.4. The van der Waals surface area contributed by atoms with E-state index in [0.29, 0.717) is 5.41 Å². The third kappa shape index (κ3) is 6.91. The number of rotatable bonds is 9. The Balaban J connectivity index is 3.94. The van der Waals surface area contributed by atoms with Gasteiger partial charge in [0.2, 0.25) is 0 Å². The first-order chi connectivity index (χ1) is 7.08. The summed E-state index contributed by atoms with van der Waals surface area (Å²) in [7, 11) is 2.23. The van der Waals surface area contributed by atoms with Crippen molar-refractivity contribution in [2.24, 2.45) is 5.41 Å². The topological polar surface area (TPSA) is 15.3 Å². The van der Waals surface area contributed by atoms with Gasteiger partial charge in [-0.2, -0.15) is 0 Å². The van der Waals surface area contributed by atoms with Crippen molar-refractivity contribution in [3.8, 4) is 0 Å². The average Bonchev–Trinajstić information content (AvgIpc) is 2.18. The quantitative estimate of drug-likeness (QED) is 0.594. The van der Waals surface area contributed by atoms with Crippen LogP contribution in [0.3, 0.4) is 0 Å². The van der Waals surface area contributed by atoms with Crippen LogP contribution < -0.4 is 5.32 Å². The van der Waals surface area contributed by atoms with Crippen molar-refractivity contribution in [1.29, 1.82) is 0 Å². The lowest BCUT2D eigenvalue weighted by Crippen LogP contribution is -2.41. The van der Waals surface area contributed by atoms with E-state index >= 15 is 0 Å². The van der Waals surface area contributed by atoms with Crippen molar-refractivity contribution in [3.05, 3.63) is 0 Å². The summed E-state index contributed by atoms with van der Waals surface area (Å²) >= 11 is 0. The maximum atomic E-state index is 3.55. The highest BCUT2D eigenvalue weighted by Gasteiger charge is 2.22. The van der Waals surface area contributed by atoms with Crippen LogP contribution in [0.2, 0.25) is 0 Å². The Labute approximate surface area is 96.4 Å². The van der Waals surface area contributed by atoms with Gasteiger partial charge in [-0.1, -0.05) is 27.7 Å². The predicted octanol–water partition coefficient (Wildman–Crippen LogP) is 2.74. The smallest absolute Gasteiger partial charge is 0.00443 e. The van der Waals surface area contributed by atoms with Gasteiger partial charge in [0.25, 0.3) is 0 Å². The molecule has 0 aromatic heterocycles. The molecule has 0 aromatic rings. The maximum absolute atomic E-state index is 3.55. The summed E-state index contributed by atoms with van der Waals surface area (Å²) in [5.74, 6) is 0. The third-order valence-electron chi connectivity index (χ3n) is 3.09. The standard InChI is InChI=1S/C13H30N2/c1-6-9-14-11-13(4,8-3)12-15(5)10-7-2/h14H,6-12H2,1-5H3. The van der Waals surface area contributed by atoms with E-state index in [0.717, 1.165) is 13.1 Å². The van der Waals surface area contributed by atoms with Crippen molar-refractivity contribution in [2.75, 3.05) is 33.2 Å². The van der Waals surface area contributed by atoms with Gasteiger partial charge in [0.15, 0.2) is 0 Å². The van der Waals surface area contributed by atoms with E-state index in [-0.39, 0.29) is 0 Å². The Morgan fingerprint density at radius 2 is 1.80 bits per heavy atom. The fourth-order valence-corrected chi connectivity index (χ4v) is 1.97. The van der Waals surface area contributed by atoms with Crippen molar-refractivity contribution < 1.29 is 0 Å². The highest BCUT2D eigenvalue weighted by molar-refractivity contribution is 4.78. The molecule has 0 aromatic carbocycles. The second-order valence-electron chi connectivity index (χ2n) is 5.08. The monoisotopic (exact) mass is 214 g/mol. The lowest BCUT2D eigenvalue weighted by molar-refractivity contribution is 0.180. The Kier molecular flexibility index (Phi) is 8.07. The maximum Gasteiger partial charge on any atom is 0.00443 e. The number of hydrogen-bond donors (Lipinski definition) is 1. The Bertz CT molecular complexity index is 147. The summed E-state index contributed by atoms with van der Waals surface area (Å²) in [6, 6.07) is 0. The van der Waals surface area contributed by atoms with E-state index in [9.17, 15) is 0 Å². The average molecular weight is 214 g/mol. The Morgan fingerprint density at radius 1 is 1.13 bits per heavy atom. The van der Waals surface area contributed by atoms with Gasteiger partial charge in [-0.15, -0.1) is 0 Å². The fourth-order valence-electron chi connectivity index (χ4n) is 1.97. The fraction of sp³-hybridized carbons (Fsp3) is 1.00. The minimum atomic E-state index is 0.430. The van der Waals surface area contributed by atoms with Gasteiger partial charge >= 0.3 is 0 Å². The molecule has 0 spiro atoms. The van der Waals surface area contributed by atoms with Crippen LogP contribution in [0.15, 0.2) is 0 Å². The van der Waals surface area contributed by atoms with Crippen LogP contribution in [-0.2, 0) is 0 Å². The molecule has 0 aliphatic carbocycles. The van der Waals surface area contributed by atoms with Gasteiger partial charge in [-0.25, -0.2) is 0 Å². The lowest BCUT2D eigenvalue weighted by atomic mass is 9.86. The van der Waals surface area contributed by atoms with E-state index < -0.39 is 0 Å². The SMILES string of the molecule is CCCNCC(C)(CC)CN(C)CCC. The van der Waals surface area contributed by atoms with Crippen LogP contribution in [0.4, 0.5) is 0 Å². The number of hydrogen-bond acceptors (Lipinski definition) is 2. The van der Waals surface area contributed by atoms with Gasteiger partial charge in [-0.05, 0) is 44.8 Å². The zero-order chi connectivity index (χ0) is 11.7. The number of nitrogens with zero attached hydrogens (tertiary/aromatic N) is 1. The normalized spacial score (nSPS) is 15.6. The summed E-state index contributed by atoms with van der Waals surface area (Å²) in [5.41, 5.74) is 0.430. The third-order valence-corrected chi connectivity index (χ3v) is 3.09. The molecule has 1 unspecified atom stereocenters. The van der Waals surface area contributed by atoms with Crippen LogP contribution in [0.1, 0.15) is 47.0 Å². The molecule has 0 radical (unpaired) electrons. The van der Waals surface area contributed by atoms with E-state index in [2.05, 4.69) is 45.0 Å². The van der Waals surface area contributed by atoms with Crippen molar-refractivity contribution in [2.45, 2.75) is 47.0 Å². The van der Waals surface area contributed by atoms with Gasteiger partial charge in [0.1, 0.15) is 0 Å². The van der Waals surface area contributed by atoms with Gasteiger partial charge in [0.05, 0.1) is 0 Å². The molecule has 0 amide bonds. The Hall–Kier alpha value is -0.0800. The molecule has 0 aliphatic heterocycles. The molecule has 0 aliphatic rings. The molecule has 15 heavy (non-hydrogen) atoms. The highest BCUT2D eigenvalue weighted by Crippen LogP contribution is 2.21. The molecular formula is C13H30N2. The second kappa shape index (κ2) is 8.12. The van der Waals surface area contributed by atoms with Gasteiger partial charge in [-0.3, -0.25) is 0 Å². The van der Waals surface area contributed by atoms with Crippen LogP contribution in [0.5, 0.6) is 0 Å². The molecule has 0 bridgehead atoms. The number of nitrogens with one attached hydrogen (secondary N) is 1. The van der Waals surface area contributed by atoms with Gasteiger partial charge in [0, 0.05) is 13.1 Å². The molecule has 0 rings (SSSR count). The minimum Gasteiger partial charge on any atom is -0.316 e. The Morgan fingerprint density at radius 3 is 2.27 bits per heavy atom. The summed E-state index contributed by atoms with van der Waals surface area (Å²) in [6.07, 6.45) is 3.72. The molecule has 92 valence electrons. The predicted molar refractivity (Wildman–Crippen MR) is 69.3 cm³/mol. The molecule has 0 saturated heterocycles. The second-order valence-corrected chi connectivity index (χ2v) is 5.08.